The van der Waals surface area contributed by atoms with E-state index in [1.54, 1.807) is 19.1 Å². The molecule has 0 fully saturated rings. The van der Waals surface area contributed by atoms with Crippen molar-refractivity contribution in [2.45, 2.75) is 25.7 Å². The van der Waals surface area contributed by atoms with E-state index in [0.717, 1.165) is 17.1 Å². The SMILES string of the molecule is C[C@@H](C(=O)[O-])c1ccccc1.C[C@@H](C[NH3+])c1cccc(Cl)c1. The first kappa shape index (κ1) is 18.2. The molecule has 0 aliphatic rings. The van der Waals surface area contributed by atoms with Crippen molar-refractivity contribution < 1.29 is 15.6 Å². The average molecular weight is 320 g/mol. The van der Waals surface area contributed by atoms with Crippen molar-refractivity contribution >= 4 is 17.6 Å². The quantitative estimate of drug-likeness (QED) is 0.939. The molecule has 22 heavy (non-hydrogen) atoms. The summed E-state index contributed by atoms with van der Waals surface area (Å²) in [6, 6.07) is 17.0. The van der Waals surface area contributed by atoms with Crippen LogP contribution in [0.3, 0.4) is 0 Å². The van der Waals surface area contributed by atoms with Crippen LogP contribution in [0.1, 0.15) is 36.8 Å². The molecule has 0 saturated carbocycles. The van der Waals surface area contributed by atoms with E-state index in [9.17, 15) is 9.90 Å². The fraction of sp³-hybridized carbons (Fsp3) is 0.278. The highest BCUT2D eigenvalue weighted by atomic mass is 35.5. The third-order valence-electron chi connectivity index (χ3n) is 3.50. The van der Waals surface area contributed by atoms with E-state index in [-0.39, 0.29) is 0 Å². The maximum atomic E-state index is 10.4. The number of carboxylic acids is 1. The lowest BCUT2D eigenvalue weighted by Crippen LogP contribution is -2.52. The second-order valence-corrected chi connectivity index (χ2v) is 5.63. The third-order valence-corrected chi connectivity index (χ3v) is 3.74. The van der Waals surface area contributed by atoms with E-state index in [1.165, 1.54) is 5.56 Å². The van der Waals surface area contributed by atoms with Gasteiger partial charge in [-0.05, 0) is 23.3 Å². The number of carbonyl (C=O) groups is 1. The zero-order chi connectivity index (χ0) is 16.5. The molecule has 0 bridgehead atoms. The third kappa shape index (κ3) is 5.88. The van der Waals surface area contributed by atoms with Crippen LogP contribution in [0.4, 0.5) is 0 Å². The van der Waals surface area contributed by atoms with Gasteiger partial charge in [0, 0.05) is 22.8 Å². The summed E-state index contributed by atoms with van der Waals surface area (Å²) in [5.74, 6) is -1.04. The Labute approximate surface area is 136 Å². The summed E-state index contributed by atoms with van der Waals surface area (Å²) in [6.07, 6.45) is 0. The number of aliphatic carboxylic acids is 1. The minimum Gasteiger partial charge on any atom is -0.550 e. The molecule has 0 saturated heterocycles. The van der Waals surface area contributed by atoms with Crippen molar-refractivity contribution in [3.8, 4) is 0 Å². The number of halogens is 1. The minimum absolute atomic E-state index is 0.508. The number of rotatable bonds is 4. The molecule has 2 rings (SSSR count). The van der Waals surface area contributed by atoms with Crippen molar-refractivity contribution in [1.82, 2.24) is 0 Å². The number of benzene rings is 2. The number of quaternary nitrogens is 1. The summed E-state index contributed by atoms with van der Waals surface area (Å²) in [5, 5.41) is 11.2. The summed E-state index contributed by atoms with van der Waals surface area (Å²) in [6.45, 7) is 4.68. The second-order valence-electron chi connectivity index (χ2n) is 5.20. The molecule has 0 spiro atoms. The lowest BCUT2D eigenvalue weighted by atomic mass is 10.0. The normalized spacial score (nSPS) is 12.7. The van der Waals surface area contributed by atoms with Gasteiger partial charge in [0.05, 0.1) is 6.54 Å². The fourth-order valence-electron chi connectivity index (χ4n) is 1.86. The molecule has 2 aromatic carbocycles. The van der Waals surface area contributed by atoms with Gasteiger partial charge in [0.15, 0.2) is 0 Å². The van der Waals surface area contributed by atoms with Crippen LogP contribution in [0.2, 0.25) is 5.02 Å². The van der Waals surface area contributed by atoms with Crippen LogP contribution in [-0.4, -0.2) is 12.5 Å². The van der Waals surface area contributed by atoms with Gasteiger partial charge in [-0.15, -0.1) is 0 Å². The molecule has 0 unspecified atom stereocenters. The van der Waals surface area contributed by atoms with E-state index in [2.05, 4.69) is 18.7 Å². The summed E-state index contributed by atoms with van der Waals surface area (Å²) in [5.41, 5.74) is 5.90. The smallest absolute Gasteiger partial charge is 0.0806 e. The summed E-state index contributed by atoms with van der Waals surface area (Å²) >= 11 is 5.83. The molecule has 0 heterocycles. The summed E-state index contributed by atoms with van der Waals surface area (Å²) in [7, 11) is 0. The molecule has 0 aromatic heterocycles. The van der Waals surface area contributed by atoms with Crippen molar-refractivity contribution in [2.24, 2.45) is 0 Å². The van der Waals surface area contributed by atoms with Crippen molar-refractivity contribution in [1.29, 1.82) is 0 Å². The first-order chi connectivity index (χ1) is 10.5. The van der Waals surface area contributed by atoms with Gasteiger partial charge >= 0.3 is 0 Å². The first-order valence-corrected chi connectivity index (χ1v) is 7.64. The highest BCUT2D eigenvalue weighted by molar-refractivity contribution is 6.30. The molecule has 118 valence electrons. The largest absolute Gasteiger partial charge is 0.550 e. The molecule has 0 amide bonds. The van der Waals surface area contributed by atoms with Gasteiger partial charge in [0.2, 0.25) is 0 Å². The minimum atomic E-state index is -1.03. The van der Waals surface area contributed by atoms with E-state index in [4.69, 9.17) is 11.6 Å². The Kier molecular flexibility index (Phi) is 7.64. The molecule has 2 aromatic rings. The standard InChI is InChI=1S/C9H12ClN.C9H10O2/c1-7(6-11)8-3-2-4-9(10)5-8;1-7(9(10)11)8-5-3-2-4-6-8/h2-5,7H,6,11H2,1H3;2-7H,1H3,(H,10,11)/t2*7-/m01/s1. The zero-order valence-corrected chi connectivity index (χ0v) is 13.7. The molecular formula is C18H22ClNO2. The van der Waals surface area contributed by atoms with Crippen LogP contribution >= 0.6 is 11.6 Å². The van der Waals surface area contributed by atoms with Crippen LogP contribution in [-0.2, 0) is 4.79 Å². The molecule has 3 N–H and O–H groups in total. The lowest BCUT2D eigenvalue weighted by Gasteiger charge is -2.11. The van der Waals surface area contributed by atoms with E-state index in [1.807, 2.05) is 36.4 Å². The molecule has 0 aliphatic carbocycles. The number of carboxylic acid groups (broad SMARTS) is 1. The van der Waals surface area contributed by atoms with Crippen LogP contribution in [0, 0.1) is 0 Å². The van der Waals surface area contributed by atoms with Crippen molar-refractivity contribution in [2.75, 3.05) is 6.54 Å². The molecule has 4 heteroatoms. The number of hydrogen-bond acceptors (Lipinski definition) is 2. The maximum Gasteiger partial charge on any atom is 0.0806 e. The predicted molar refractivity (Wildman–Crippen MR) is 87.5 cm³/mol. The Bertz CT molecular complexity index is 587. The van der Waals surface area contributed by atoms with Gasteiger partial charge in [-0.1, -0.05) is 67.9 Å². The highest BCUT2D eigenvalue weighted by Crippen LogP contribution is 2.17. The Hall–Kier alpha value is -1.84. The topological polar surface area (TPSA) is 67.8 Å². The fourth-order valence-corrected chi connectivity index (χ4v) is 2.06. The zero-order valence-electron chi connectivity index (χ0n) is 13.0. The molecular weight excluding hydrogens is 298 g/mol. The molecule has 0 aliphatic heterocycles. The highest BCUT2D eigenvalue weighted by Gasteiger charge is 2.04. The van der Waals surface area contributed by atoms with Gasteiger partial charge in [-0.25, -0.2) is 0 Å². The van der Waals surface area contributed by atoms with Crippen molar-refractivity contribution in [3.05, 3.63) is 70.7 Å². The Morgan fingerprint density at radius 1 is 1.09 bits per heavy atom. The van der Waals surface area contributed by atoms with E-state index in [0.29, 0.717) is 5.92 Å². The Balaban J connectivity index is 0.000000220. The summed E-state index contributed by atoms with van der Waals surface area (Å²) < 4.78 is 0. The van der Waals surface area contributed by atoms with Crippen LogP contribution in [0.5, 0.6) is 0 Å². The van der Waals surface area contributed by atoms with Gasteiger partial charge in [0.25, 0.3) is 0 Å². The Morgan fingerprint density at radius 3 is 2.18 bits per heavy atom. The van der Waals surface area contributed by atoms with Crippen molar-refractivity contribution in [3.63, 3.8) is 0 Å². The van der Waals surface area contributed by atoms with Gasteiger partial charge in [0.1, 0.15) is 0 Å². The molecule has 0 radical (unpaired) electrons. The van der Waals surface area contributed by atoms with Gasteiger partial charge < -0.3 is 15.6 Å². The number of hydrogen-bond donors (Lipinski definition) is 1. The van der Waals surface area contributed by atoms with Gasteiger partial charge in [-0.2, -0.15) is 0 Å². The lowest BCUT2D eigenvalue weighted by molar-refractivity contribution is -0.371. The predicted octanol–water partition coefficient (Wildman–Crippen LogP) is 2.23. The molecule has 2 atom stereocenters. The van der Waals surface area contributed by atoms with E-state index < -0.39 is 11.9 Å². The number of carbonyl (C=O) groups excluding carboxylic acids is 1. The molecule has 3 nitrogen and oxygen atoms in total. The van der Waals surface area contributed by atoms with Gasteiger partial charge in [-0.3, -0.25) is 0 Å². The monoisotopic (exact) mass is 319 g/mol. The second kappa shape index (κ2) is 9.23. The Morgan fingerprint density at radius 2 is 1.68 bits per heavy atom. The summed E-state index contributed by atoms with van der Waals surface area (Å²) in [4.78, 5) is 10.4. The maximum absolute atomic E-state index is 10.4. The van der Waals surface area contributed by atoms with Crippen LogP contribution < -0.4 is 10.8 Å². The van der Waals surface area contributed by atoms with Crippen LogP contribution in [0.15, 0.2) is 54.6 Å². The van der Waals surface area contributed by atoms with Crippen LogP contribution in [0.25, 0.3) is 0 Å². The average Bonchev–Trinajstić information content (AvgIpc) is 2.54. The van der Waals surface area contributed by atoms with E-state index >= 15 is 0 Å². The first-order valence-electron chi connectivity index (χ1n) is 7.26.